The highest BCUT2D eigenvalue weighted by atomic mass is 35.5. The number of imidazole rings is 1. The summed E-state index contributed by atoms with van der Waals surface area (Å²) in [5.74, 6) is 0.848. The van der Waals surface area contributed by atoms with Gasteiger partial charge in [0.15, 0.2) is 0 Å². The van der Waals surface area contributed by atoms with Gasteiger partial charge in [-0.05, 0) is 44.4 Å². The van der Waals surface area contributed by atoms with E-state index in [9.17, 15) is 0 Å². The van der Waals surface area contributed by atoms with Gasteiger partial charge >= 0.3 is 0 Å². The molecule has 1 saturated carbocycles. The Bertz CT molecular complexity index is 658. The minimum Gasteiger partial charge on any atom is -0.353 e. The molecule has 0 amide bonds. The first kappa shape index (κ1) is 14.7. The van der Waals surface area contributed by atoms with Crippen molar-refractivity contribution in [2.24, 2.45) is 0 Å². The maximum atomic E-state index is 6.40. The molecule has 21 heavy (non-hydrogen) atoms. The maximum absolute atomic E-state index is 6.40. The lowest BCUT2D eigenvalue weighted by atomic mass is 10.2. The third-order valence-electron chi connectivity index (χ3n) is 4.00. The van der Waals surface area contributed by atoms with E-state index < -0.39 is 0 Å². The molecular formula is C16H19Cl2N3. The van der Waals surface area contributed by atoms with E-state index in [0.29, 0.717) is 16.1 Å². The molecule has 1 heterocycles. The SMILES string of the molecule is Cc1cn(-c2cc(Cl)c(C)cc2Cl)c(NC2CCCC2)n1. The molecule has 0 bridgehead atoms. The van der Waals surface area contributed by atoms with Gasteiger partial charge < -0.3 is 5.32 Å². The quantitative estimate of drug-likeness (QED) is 0.846. The van der Waals surface area contributed by atoms with Crippen LogP contribution in [-0.2, 0) is 0 Å². The lowest BCUT2D eigenvalue weighted by Gasteiger charge is -2.16. The second-order valence-electron chi connectivity index (χ2n) is 5.75. The zero-order valence-electron chi connectivity index (χ0n) is 12.3. The van der Waals surface area contributed by atoms with E-state index in [2.05, 4.69) is 10.3 Å². The zero-order valence-corrected chi connectivity index (χ0v) is 13.8. The fraction of sp³-hybridized carbons (Fsp3) is 0.438. The van der Waals surface area contributed by atoms with Crippen molar-refractivity contribution in [3.8, 4) is 5.69 Å². The van der Waals surface area contributed by atoms with E-state index in [1.807, 2.05) is 36.7 Å². The van der Waals surface area contributed by atoms with Gasteiger partial charge in [-0.3, -0.25) is 4.57 Å². The normalized spacial score (nSPS) is 15.6. The molecule has 0 saturated heterocycles. The fourth-order valence-corrected chi connectivity index (χ4v) is 3.32. The minimum absolute atomic E-state index is 0.505. The van der Waals surface area contributed by atoms with E-state index in [0.717, 1.165) is 22.9 Å². The van der Waals surface area contributed by atoms with Gasteiger partial charge in [0.05, 0.1) is 16.4 Å². The van der Waals surface area contributed by atoms with Crippen molar-refractivity contribution < 1.29 is 0 Å². The third kappa shape index (κ3) is 3.04. The Morgan fingerprint density at radius 2 is 1.86 bits per heavy atom. The number of halogens is 2. The summed E-state index contributed by atoms with van der Waals surface area (Å²) in [5, 5.41) is 4.94. The molecule has 2 aromatic rings. The first-order valence-corrected chi connectivity index (χ1v) is 8.09. The maximum Gasteiger partial charge on any atom is 0.208 e. The molecular weight excluding hydrogens is 305 g/mol. The zero-order chi connectivity index (χ0) is 15.0. The van der Waals surface area contributed by atoms with Crippen LogP contribution in [0.15, 0.2) is 18.3 Å². The minimum atomic E-state index is 0.505. The lowest BCUT2D eigenvalue weighted by molar-refractivity contribution is 0.740. The van der Waals surface area contributed by atoms with E-state index in [1.54, 1.807) is 0 Å². The van der Waals surface area contributed by atoms with Crippen LogP contribution in [0.2, 0.25) is 10.0 Å². The van der Waals surface area contributed by atoms with Crippen LogP contribution in [0.5, 0.6) is 0 Å². The number of rotatable bonds is 3. The predicted octanol–water partition coefficient (Wildman–Crippen LogP) is 5.15. The molecule has 0 atom stereocenters. The van der Waals surface area contributed by atoms with Crippen molar-refractivity contribution in [1.82, 2.24) is 9.55 Å². The van der Waals surface area contributed by atoms with Crippen LogP contribution >= 0.6 is 23.2 Å². The fourth-order valence-electron chi connectivity index (χ4n) is 2.86. The number of hydrogen-bond acceptors (Lipinski definition) is 2. The van der Waals surface area contributed by atoms with Gasteiger partial charge in [0.2, 0.25) is 5.95 Å². The lowest BCUT2D eigenvalue weighted by Crippen LogP contribution is -2.17. The molecule has 1 N–H and O–H groups in total. The predicted molar refractivity (Wildman–Crippen MR) is 88.9 cm³/mol. The number of nitrogens with one attached hydrogen (secondary N) is 1. The van der Waals surface area contributed by atoms with Crippen LogP contribution < -0.4 is 5.32 Å². The van der Waals surface area contributed by atoms with Gasteiger partial charge in [-0.2, -0.15) is 0 Å². The number of nitrogens with zero attached hydrogens (tertiary/aromatic N) is 2. The second-order valence-corrected chi connectivity index (χ2v) is 6.57. The monoisotopic (exact) mass is 323 g/mol. The van der Waals surface area contributed by atoms with Gasteiger partial charge in [0, 0.05) is 17.3 Å². The van der Waals surface area contributed by atoms with Crippen LogP contribution in [0.1, 0.15) is 36.9 Å². The standard InChI is InChI=1S/C16H19Cl2N3/c1-10-7-14(18)15(8-13(10)17)21-9-11(2)19-16(21)20-12-5-3-4-6-12/h7-9,12H,3-6H2,1-2H3,(H,19,20). The number of benzene rings is 1. The summed E-state index contributed by atoms with van der Waals surface area (Å²) in [5.41, 5.74) is 2.81. The summed E-state index contributed by atoms with van der Waals surface area (Å²) in [6.45, 7) is 3.94. The Morgan fingerprint density at radius 3 is 2.57 bits per heavy atom. The molecule has 0 unspecified atom stereocenters. The van der Waals surface area contributed by atoms with Crippen LogP contribution in [0, 0.1) is 13.8 Å². The molecule has 112 valence electrons. The van der Waals surface area contributed by atoms with E-state index in [-0.39, 0.29) is 0 Å². The molecule has 1 aliphatic rings. The summed E-state index contributed by atoms with van der Waals surface area (Å²) >= 11 is 12.7. The van der Waals surface area contributed by atoms with Crippen molar-refractivity contribution in [3.05, 3.63) is 39.6 Å². The first-order chi connectivity index (χ1) is 10.0. The molecule has 0 radical (unpaired) electrons. The van der Waals surface area contributed by atoms with Gasteiger partial charge in [-0.15, -0.1) is 0 Å². The number of anilines is 1. The van der Waals surface area contributed by atoms with Crippen molar-refractivity contribution >= 4 is 29.2 Å². The molecule has 1 aromatic heterocycles. The van der Waals surface area contributed by atoms with Crippen LogP contribution in [0.3, 0.4) is 0 Å². The van der Waals surface area contributed by atoms with Gasteiger partial charge in [-0.1, -0.05) is 36.0 Å². The van der Waals surface area contributed by atoms with Gasteiger partial charge in [0.1, 0.15) is 0 Å². The van der Waals surface area contributed by atoms with Crippen LogP contribution in [-0.4, -0.2) is 15.6 Å². The Morgan fingerprint density at radius 1 is 1.14 bits per heavy atom. The Labute approximate surface area is 135 Å². The Hall–Kier alpha value is -1.19. The summed E-state index contributed by atoms with van der Waals surface area (Å²) in [4.78, 5) is 4.59. The van der Waals surface area contributed by atoms with Gasteiger partial charge in [-0.25, -0.2) is 4.98 Å². The summed E-state index contributed by atoms with van der Waals surface area (Å²) in [6, 6.07) is 4.30. The summed E-state index contributed by atoms with van der Waals surface area (Å²) in [7, 11) is 0. The molecule has 1 aromatic carbocycles. The van der Waals surface area contributed by atoms with Crippen molar-refractivity contribution in [2.45, 2.75) is 45.6 Å². The molecule has 5 heteroatoms. The topological polar surface area (TPSA) is 29.9 Å². The van der Waals surface area contributed by atoms with Crippen molar-refractivity contribution in [3.63, 3.8) is 0 Å². The molecule has 1 fully saturated rings. The van der Waals surface area contributed by atoms with E-state index in [4.69, 9.17) is 23.2 Å². The smallest absolute Gasteiger partial charge is 0.208 e. The summed E-state index contributed by atoms with van der Waals surface area (Å²) < 4.78 is 2.00. The highest BCUT2D eigenvalue weighted by Crippen LogP contribution is 2.31. The number of aryl methyl sites for hydroxylation is 2. The molecule has 3 rings (SSSR count). The van der Waals surface area contributed by atoms with E-state index >= 15 is 0 Å². The van der Waals surface area contributed by atoms with Crippen molar-refractivity contribution in [2.75, 3.05) is 5.32 Å². The molecule has 0 aliphatic heterocycles. The van der Waals surface area contributed by atoms with Crippen LogP contribution in [0.4, 0.5) is 5.95 Å². The molecule has 1 aliphatic carbocycles. The highest BCUT2D eigenvalue weighted by Gasteiger charge is 2.19. The third-order valence-corrected chi connectivity index (χ3v) is 4.71. The second kappa shape index (κ2) is 5.90. The average molecular weight is 324 g/mol. The highest BCUT2D eigenvalue weighted by molar-refractivity contribution is 6.35. The van der Waals surface area contributed by atoms with Crippen molar-refractivity contribution in [1.29, 1.82) is 0 Å². The Kier molecular flexibility index (Phi) is 4.14. The first-order valence-electron chi connectivity index (χ1n) is 7.33. The summed E-state index contributed by atoms with van der Waals surface area (Å²) in [6.07, 6.45) is 6.97. The number of hydrogen-bond donors (Lipinski definition) is 1. The van der Waals surface area contributed by atoms with E-state index in [1.165, 1.54) is 25.7 Å². The largest absolute Gasteiger partial charge is 0.353 e. The van der Waals surface area contributed by atoms with Crippen LogP contribution in [0.25, 0.3) is 5.69 Å². The molecule has 3 nitrogen and oxygen atoms in total. The average Bonchev–Trinajstić information content (AvgIpc) is 3.04. The molecule has 0 spiro atoms. The van der Waals surface area contributed by atoms with Gasteiger partial charge in [0.25, 0.3) is 0 Å². The number of aromatic nitrogens is 2. The Balaban J connectivity index is 2.00.